The molecule has 0 radical (unpaired) electrons. The average Bonchev–Trinajstić information content (AvgIpc) is 2.68. The normalized spacial score (nSPS) is 9.33. The van der Waals surface area contributed by atoms with Crippen LogP contribution < -0.4 is 18.9 Å². The summed E-state index contributed by atoms with van der Waals surface area (Å²) in [5.74, 6) is -0.990. The van der Waals surface area contributed by atoms with E-state index >= 15 is 0 Å². The molecule has 0 fully saturated rings. The van der Waals surface area contributed by atoms with Gasteiger partial charge in [0.2, 0.25) is 5.01 Å². The molecule has 0 aromatic carbocycles. The largest absolute Gasteiger partial charge is 1.00 e. The summed E-state index contributed by atoms with van der Waals surface area (Å²) in [6.07, 6.45) is 4.88. The van der Waals surface area contributed by atoms with Crippen molar-refractivity contribution in [2.24, 2.45) is 0 Å². The molecule has 72 valence electrons. The van der Waals surface area contributed by atoms with Crippen LogP contribution in [0.2, 0.25) is 0 Å². The summed E-state index contributed by atoms with van der Waals surface area (Å²) in [6, 6.07) is 3.64. The van der Waals surface area contributed by atoms with Crippen LogP contribution in [0.5, 0.6) is 0 Å². The van der Waals surface area contributed by atoms with Crippen LogP contribution in [0.15, 0.2) is 30.7 Å². The number of hydrogen-bond donors (Lipinski definition) is 1. The molecule has 2 aromatic rings. The van der Waals surface area contributed by atoms with Gasteiger partial charge < -0.3 is 6.53 Å². The quantitative estimate of drug-likeness (QED) is 0.653. The monoisotopic (exact) mass is 214 g/mol. The Morgan fingerprint density at radius 1 is 1.40 bits per heavy atom. The van der Waals surface area contributed by atoms with Crippen LogP contribution in [-0.4, -0.2) is 21.0 Å². The average molecular weight is 214 g/mol. The first kappa shape index (κ1) is 11.9. The number of carboxylic acid groups (broad SMARTS) is 1. The zero-order valence-corrected chi connectivity index (χ0v) is 8.86. The standard InChI is InChI=1S/C9H6N2O2S.Li.H/c12-9(13)8-11-5-7(14-8)6-1-3-10-4-2-6;;/h1-5H,(H,12,13);;/q;+1;-1. The Hall–Kier alpha value is -1.15. The summed E-state index contributed by atoms with van der Waals surface area (Å²) >= 11 is 1.16. The molecule has 0 unspecified atom stereocenters. The number of carboxylic acids is 1. The predicted octanol–water partition coefficient (Wildman–Crippen LogP) is -0.980. The van der Waals surface area contributed by atoms with Gasteiger partial charge in [0.1, 0.15) is 0 Å². The Balaban J connectivity index is 0.00000112. The van der Waals surface area contributed by atoms with Gasteiger partial charge in [0, 0.05) is 18.6 Å². The maximum atomic E-state index is 10.6. The van der Waals surface area contributed by atoms with Crippen molar-refractivity contribution in [2.75, 3.05) is 0 Å². The Kier molecular flexibility index (Phi) is 4.03. The summed E-state index contributed by atoms with van der Waals surface area (Å²) in [5.41, 5.74) is 0.935. The summed E-state index contributed by atoms with van der Waals surface area (Å²) in [7, 11) is 0. The molecule has 4 nitrogen and oxygen atoms in total. The van der Waals surface area contributed by atoms with Gasteiger partial charge in [0.05, 0.1) is 4.88 Å². The van der Waals surface area contributed by atoms with E-state index in [2.05, 4.69) is 9.97 Å². The third-order valence-electron chi connectivity index (χ3n) is 1.65. The summed E-state index contributed by atoms with van der Waals surface area (Å²) < 4.78 is 0. The molecule has 15 heavy (non-hydrogen) atoms. The zero-order valence-electron chi connectivity index (χ0n) is 9.04. The smallest absolute Gasteiger partial charge is 1.00 e. The van der Waals surface area contributed by atoms with Crippen molar-refractivity contribution >= 4 is 17.3 Å². The Morgan fingerprint density at radius 3 is 2.60 bits per heavy atom. The van der Waals surface area contributed by atoms with Crippen molar-refractivity contribution in [2.45, 2.75) is 0 Å². The van der Waals surface area contributed by atoms with Crippen molar-refractivity contribution in [1.82, 2.24) is 9.97 Å². The minimum Gasteiger partial charge on any atom is -1.00 e. The maximum Gasteiger partial charge on any atom is 1.00 e. The van der Waals surface area contributed by atoms with E-state index in [0.717, 1.165) is 21.8 Å². The molecule has 0 spiro atoms. The molecular weight excluding hydrogens is 207 g/mol. The van der Waals surface area contributed by atoms with E-state index in [4.69, 9.17) is 5.11 Å². The van der Waals surface area contributed by atoms with E-state index in [1.165, 1.54) is 0 Å². The first-order chi connectivity index (χ1) is 6.77. The molecule has 0 bridgehead atoms. The maximum absolute atomic E-state index is 10.6. The number of carbonyl (C=O) groups is 1. The van der Waals surface area contributed by atoms with E-state index in [-0.39, 0.29) is 25.3 Å². The first-order valence-corrected chi connectivity index (χ1v) is 4.68. The van der Waals surface area contributed by atoms with Crippen molar-refractivity contribution in [3.8, 4) is 10.4 Å². The van der Waals surface area contributed by atoms with Gasteiger partial charge in [-0.2, -0.15) is 0 Å². The van der Waals surface area contributed by atoms with Crippen molar-refractivity contribution in [3.05, 3.63) is 35.7 Å². The number of pyridine rings is 1. The molecule has 0 aliphatic heterocycles. The van der Waals surface area contributed by atoms with Gasteiger partial charge in [-0.05, 0) is 17.7 Å². The number of rotatable bonds is 2. The number of aromatic nitrogens is 2. The van der Waals surface area contributed by atoms with Gasteiger partial charge in [0.25, 0.3) is 0 Å². The Labute approximate surface area is 104 Å². The second kappa shape index (κ2) is 5.08. The van der Waals surface area contributed by atoms with Gasteiger partial charge in [-0.15, -0.1) is 11.3 Å². The molecule has 0 aliphatic rings. The summed E-state index contributed by atoms with van der Waals surface area (Å²) in [4.78, 5) is 19.1. The van der Waals surface area contributed by atoms with Crippen LogP contribution in [0.25, 0.3) is 10.4 Å². The van der Waals surface area contributed by atoms with Gasteiger partial charge in [-0.1, -0.05) is 0 Å². The minimum absolute atomic E-state index is 0. The van der Waals surface area contributed by atoms with Crippen LogP contribution in [0.3, 0.4) is 0 Å². The predicted molar refractivity (Wildman–Crippen MR) is 53.4 cm³/mol. The molecule has 0 atom stereocenters. The van der Waals surface area contributed by atoms with Gasteiger partial charge >= 0.3 is 24.8 Å². The fraction of sp³-hybridized carbons (Fsp3) is 0. The molecule has 1 N–H and O–H groups in total. The summed E-state index contributed by atoms with van der Waals surface area (Å²) in [6.45, 7) is 0. The molecule has 2 aromatic heterocycles. The minimum atomic E-state index is -0.990. The van der Waals surface area contributed by atoms with Crippen LogP contribution in [0.4, 0.5) is 0 Å². The molecule has 2 heterocycles. The van der Waals surface area contributed by atoms with Crippen LogP contribution >= 0.6 is 11.3 Å². The second-order valence-electron chi connectivity index (χ2n) is 2.57. The van der Waals surface area contributed by atoms with Crippen LogP contribution in [0.1, 0.15) is 11.2 Å². The number of thiazole rings is 1. The van der Waals surface area contributed by atoms with Crippen LogP contribution in [0, 0.1) is 0 Å². The molecular formula is C9H7LiN2O2S. The van der Waals surface area contributed by atoms with Crippen LogP contribution in [-0.2, 0) is 0 Å². The number of nitrogens with zero attached hydrogens (tertiary/aromatic N) is 2. The Bertz CT molecular complexity index is 464. The van der Waals surface area contributed by atoms with Crippen molar-refractivity contribution in [1.29, 1.82) is 0 Å². The third kappa shape index (κ3) is 2.66. The van der Waals surface area contributed by atoms with E-state index in [0.29, 0.717) is 0 Å². The van der Waals surface area contributed by atoms with Gasteiger partial charge in [0.15, 0.2) is 0 Å². The summed E-state index contributed by atoms with van der Waals surface area (Å²) in [5, 5.41) is 8.79. The molecule has 0 amide bonds. The van der Waals surface area contributed by atoms with E-state index in [9.17, 15) is 4.79 Å². The van der Waals surface area contributed by atoms with E-state index in [1.54, 1.807) is 18.6 Å². The fourth-order valence-electron chi connectivity index (χ4n) is 1.02. The molecule has 0 saturated carbocycles. The third-order valence-corrected chi connectivity index (χ3v) is 2.69. The number of hydrogen-bond acceptors (Lipinski definition) is 4. The molecule has 0 aliphatic carbocycles. The first-order valence-electron chi connectivity index (χ1n) is 3.87. The number of aromatic carboxylic acids is 1. The topological polar surface area (TPSA) is 63.1 Å². The Morgan fingerprint density at radius 2 is 2.07 bits per heavy atom. The van der Waals surface area contributed by atoms with E-state index < -0.39 is 5.97 Å². The van der Waals surface area contributed by atoms with Crippen molar-refractivity contribution < 1.29 is 30.2 Å². The molecule has 0 saturated heterocycles. The second-order valence-corrected chi connectivity index (χ2v) is 3.60. The van der Waals surface area contributed by atoms with Gasteiger partial charge in [-0.25, -0.2) is 9.78 Å². The molecule has 6 heteroatoms. The molecule has 2 rings (SSSR count). The van der Waals surface area contributed by atoms with Gasteiger partial charge in [-0.3, -0.25) is 4.98 Å². The fourth-order valence-corrected chi connectivity index (χ4v) is 1.78. The zero-order chi connectivity index (χ0) is 9.97. The van der Waals surface area contributed by atoms with E-state index in [1.807, 2.05) is 12.1 Å². The SMILES string of the molecule is O=C(O)c1ncc(-c2ccncc2)s1.[H-].[Li+]. The van der Waals surface area contributed by atoms with Crippen molar-refractivity contribution in [3.63, 3.8) is 0 Å².